The van der Waals surface area contributed by atoms with Crippen molar-refractivity contribution in [2.24, 2.45) is 0 Å². The zero-order chi connectivity index (χ0) is 22.5. The maximum Gasteiger partial charge on any atom is 0.310 e. The number of nitro groups is 1. The number of hydrazine groups is 1. The van der Waals surface area contributed by atoms with Gasteiger partial charge in [-0.2, -0.15) is 0 Å². The first kappa shape index (κ1) is 21.8. The Morgan fingerprint density at radius 1 is 1.16 bits per heavy atom. The van der Waals surface area contributed by atoms with Crippen molar-refractivity contribution in [3.8, 4) is 5.75 Å². The van der Waals surface area contributed by atoms with Crippen LogP contribution in [0.15, 0.2) is 47.1 Å². The van der Waals surface area contributed by atoms with Gasteiger partial charge in [-0.05, 0) is 42.2 Å². The fraction of sp³-hybridized carbons (Fsp3) is 0.273. The second kappa shape index (κ2) is 9.29. The van der Waals surface area contributed by atoms with Crippen LogP contribution >= 0.6 is 0 Å². The lowest BCUT2D eigenvalue weighted by Crippen LogP contribution is -2.44. The number of fused-ring (bicyclic) bond motifs is 1. The first-order valence-electron chi connectivity index (χ1n) is 9.70. The van der Waals surface area contributed by atoms with Crippen molar-refractivity contribution in [3.05, 3.63) is 69.5 Å². The second-order valence-corrected chi connectivity index (χ2v) is 7.41. The Kier molecular flexibility index (Phi) is 6.54. The summed E-state index contributed by atoms with van der Waals surface area (Å²) in [6, 6.07) is 9.70. The lowest BCUT2D eigenvalue weighted by molar-refractivity contribution is -0.385. The molecule has 1 aromatic heterocycles. The molecule has 3 rings (SSSR count). The van der Waals surface area contributed by atoms with E-state index in [0.29, 0.717) is 17.1 Å². The van der Waals surface area contributed by atoms with E-state index in [4.69, 9.17) is 9.15 Å². The second-order valence-electron chi connectivity index (χ2n) is 7.41. The molecule has 1 heterocycles. The van der Waals surface area contributed by atoms with E-state index < -0.39 is 23.3 Å². The molecule has 9 heteroatoms. The van der Waals surface area contributed by atoms with Gasteiger partial charge in [-0.25, -0.2) is 0 Å². The van der Waals surface area contributed by atoms with Crippen LogP contribution in [0.3, 0.4) is 0 Å². The zero-order valence-electron chi connectivity index (χ0n) is 17.4. The molecule has 31 heavy (non-hydrogen) atoms. The number of furan rings is 1. The molecular formula is C22H23N3O6. The van der Waals surface area contributed by atoms with Crippen molar-refractivity contribution >= 4 is 28.5 Å². The first-order chi connectivity index (χ1) is 14.8. The molecule has 2 aromatic carbocycles. The number of nitrogens with one attached hydrogen (secondary N) is 2. The molecule has 0 aliphatic heterocycles. The number of hydrogen-bond donors (Lipinski definition) is 2. The van der Waals surface area contributed by atoms with E-state index in [1.165, 1.54) is 30.0 Å². The molecule has 0 aliphatic rings. The molecule has 3 aromatic rings. The van der Waals surface area contributed by atoms with Crippen LogP contribution in [0.4, 0.5) is 5.69 Å². The minimum Gasteiger partial charge on any atom is -0.477 e. The van der Waals surface area contributed by atoms with Crippen LogP contribution in [-0.4, -0.2) is 23.3 Å². The number of amides is 2. The third-order valence-corrected chi connectivity index (χ3v) is 4.78. The van der Waals surface area contributed by atoms with Crippen molar-refractivity contribution in [1.29, 1.82) is 0 Å². The lowest BCUT2D eigenvalue weighted by Gasteiger charge is -2.10. The fourth-order valence-electron chi connectivity index (χ4n) is 3.27. The molecular weight excluding hydrogens is 402 g/mol. The number of nitro benzene ring substituents is 1. The zero-order valence-corrected chi connectivity index (χ0v) is 17.4. The molecule has 0 aliphatic carbocycles. The van der Waals surface area contributed by atoms with Crippen LogP contribution in [0.2, 0.25) is 0 Å². The molecule has 2 N–H and O–H groups in total. The molecule has 0 saturated heterocycles. The smallest absolute Gasteiger partial charge is 0.310 e. The summed E-state index contributed by atoms with van der Waals surface area (Å²) in [7, 11) is 0. The average Bonchev–Trinajstić information content (AvgIpc) is 3.11. The Labute approximate surface area is 178 Å². The number of hydrogen-bond acceptors (Lipinski definition) is 6. The lowest BCUT2D eigenvalue weighted by atomic mass is 9.95. The molecule has 2 amide bonds. The van der Waals surface area contributed by atoms with Gasteiger partial charge in [0.25, 0.3) is 5.91 Å². The Morgan fingerprint density at radius 3 is 2.58 bits per heavy atom. The van der Waals surface area contributed by atoms with E-state index in [1.807, 2.05) is 19.1 Å². The van der Waals surface area contributed by atoms with Gasteiger partial charge in [0.05, 0.1) is 17.6 Å². The highest BCUT2D eigenvalue weighted by atomic mass is 16.6. The van der Waals surface area contributed by atoms with Crippen LogP contribution in [0.5, 0.6) is 5.75 Å². The molecule has 0 radical (unpaired) electrons. The molecule has 0 bridgehead atoms. The summed E-state index contributed by atoms with van der Waals surface area (Å²) < 4.78 is 10.7. The molecule has 9 nitrogen and oxygen atoms in total. The van der Waals surface area contributed by atoms with Crippen LogP contribution in [0.1, 0.15) is 36.5 Å². The topological polar surface area (TPSA) is 124 Å². The summed E-state index contributed by atoms with van der Waals surface area (Å²) in [5, 5.41) is 11.8. The molecule has 0 unspecified atom stereocenters. The minimum absolute atomic E-state index is 0.0128. The summed E-state index contributed by atoms with van der Waals surface area (Å²) in [4.78, 5) is 34.6. The minimum atomic E-state index is -0.652. The van der Waals surface area contributed by atoms with E-state index >= 15 is 0 Å². The molecule has 0 atom stereocenters. The maximum atomic E-state index is 12.3. The molecule has 0 spiro atoms. The van der Waals surface area contributed by atoms with Gasteiger partial charge < -0.3 is 9.15 Å². The van der Waals surface area contributed by atoms with Gasteiger partial charge in [0.1, 0.15) is 5.58 Å². The molecule has 0 fully saturated rings. The van der Waals surface area contributed by atoms with Crippen LogP contribution < -0.4 is 15.6 Å². The molecule has 0 saturated carbocycles. The summed E-state index contributed by atoms with van der Waals surface area (Å²) in [5.41, 5.74) is 8.01. The van der Waals surface area contributed by atoms with Gasteiger partial charge in [0, 0.05) is 17.0 Å². The van der Waals surface area contributed by atoms with Gasteiger partial charge in [-0.1, -0.05) is 26.0 Å². The van der Waals surface area contributed by atoms with Crippen molar-refractivity contribution in [1.82, 2.24) is 10.9 Å². The maximum absolute atomic E-state index is 12.3. The van der Waals surface area contributed by atoms with E-state index in [2.05, 4.69) is 24.7 Å². The Balaban J connectivity index is 1.56. The van der Waals surface area contributed by atoms with E-state index in [9.17, 15) is 19.7 Å². The Bertz CT molecular complexity index is 1140. The highest BCUT2D eigenvalue weighted by Gasteiger charge is 2.16. The largest absolute Gasteiger partial charge is 0.477 e. The van der Waals surface area contributed by atoms with Gasteiger partial charge in [-0.3, -0.25) is 30.6 Å². The van der Waals surface area contributed by atoms with Crippen LogP contribution in [0, 0.1) is 17.0 Å². The van der Waals surface area contributed by atoms with Crippen molar-refractivity contribution in [3.63, 3.8) is 0 Å². The summed E-state index contributed by atoms with van der Waals surface area (Å²) in [6.07, 6.45) is 1.55. The van der Waals surface area contributed by atoms with Crippen LogP contribution in [-0.2, 0) is 16.0 Å². The Hall–Kier alpha value is -3.88. The number of para-hydroxylation sites is 2. The fourth-order valence-corrected chi connectivity index (χ4v) is 3.27. The first-order valence-corrected chi connectivity index (χ1v) is 9.70. The molecule has 162 valence electrons. The monoisotopic (exact) mass is 425 g/mol. The third-order valence-electron chi connectivity index (χ3n) is 4.78. The van der Waals surface area contributed by atoms with E-state index in [1.54, 1.807) is 6.07 Å². The number of carbonyl (C=O) groups is 2. The predicted molar refractivity (Wildman–Crippen MR) is 114 cm³/mol. The number of rotatable bonds is 7. The summed E-state index contributed by atoms with van der Waals surface area (Å²) >= 11 is 0. The summed E-state index contributed by atoms with van der Waals surface area (Å²) in [6.45, 7) is 5.73. The van der Waals surface area contributed by atoms with Gasteiger partial charge in [0.2, 0.25) is 5.91 Å². The number of aryl methyl sites for hydroxylation is 1. The van der Waals surface area contributed by atoms with Crippen molar-refractivity contribution in [2.75, 3.05) is 6.61 Å². The van der Waals surface area contributed by atoms with Gasteiger partial charge in [0.15, 0.2) is 12.4 Å². The van der Waals surface area contributed by atoms with E-state index in [0.717, 1.165) is 10.9 Å². The van der Waals surface area contributed by atoms with Gasteiger partial charge >= 0.3 is 5.69 Å². The normalized spacial score (nSPS) is 10.8. The summed E-state index contributed by atoms with van der Waals surface area (Å²) in [5.74, 6) is -0.787. The number of carbonyl (C=O) groups excluding carboxylic acids is 2. The average molecular weight is 425 g/mol. The predicted octanol–water partition coefficient (Wildman–Crippen LogP) is 3.54. The van der Waals surface area contributed by atoms with Crippen molar-refractivity contribution < 1.29 is 23.7 Å². The highest BCUT2D eigenvalue weighted by molar-refractivity contribution is 5.89. The van der Waals surface area contributed by atoms with Gasteiger partial charge in [-0.15, -0.1) is 0 Å². The highest BCUT2D eigenvalue weighted by Crippen LogP contribution is 2.29. The van der Waals surface area contributed by atoms with Crippen LogP contribution in [0.25, 0.3) is 11.0 Å². The van der Waals surface area contributed by atoms with E-state index in [-0.39, 0.29) is 17.9 Å². The number of ether oxygens (including phenoxy) is 1. The van der Waals surface area contributed by atoms with Crippen molar-refractivity contribution in [2.45, 2.75) is 33.1 Å². The Morgan fingerprint density at radius 2 is 1.87 bits per heavy atom. The number of benzene rings is 2. The third kappa shape index (κ3) is 5.19. The quantitative estimate of drug-likeness (QED) is 0.441. The SMILES string of the molecule is Cc1cc2occ(CC(=O)NNC(=O)COc3ccccc3[N+](=O)[O-])c2cc1C(C)C. The number of nitrogens with zero attached hydrogens (tertiary/aromatic N) is 1. The standard InChI is InChI=1S/C22H23N3O6/c1-13(2)16-10-17-15(11-30-20(17)8-14(16)3)9-21(26)23-24-22(27)12-31-19-7-5-4-6-18(19)25(28)29/h4-8,10-11,13H,9,12H2,1-3H3,(H,23,26)(H,24,27).